The molecule has 1 unspecified atom stereocenters. The van der Waals surface area contributed by atoms with E-state index >= 15 is 0 Å². The van der Waals surface area contributed by atoms with Gasteiger partial charge in [0.2, 0.25) is 0 Å². The maximum atomic E-state index is 11.1. The molecule has 0 aliphatic carbocycles. The van der Waals surface area contributed by atoms with Gasteiger partial charge < -0.3 is 14.8 Å². The van der Waals surface area contributed by atoms with Crippen LogP contribution < -0.4 is 5.32 Å². The van der Waals surface area contributed by atoms with Crippen molar-refractivity contribution in [3.8, 4) is 0 Å². The lowest BCUT2D eigenvalue weighted by Crippen LogP contribution is -2.51. The van der Waals surface area contributed by atoms with E-state index in [0.717, 1.165) is 0 Å². The lowest BCUT2D eigenvalue weighted by atomic mass is 10.2. The molecule has 0 aromatic rings. The Kier molecular flexibility index (Phi) is 2.32. The summed E-state index contributed by atoms with van der Waals surface area (Å²) in [4.78, 5) is 21.6. The van der Waals surface area contributed by atoms with Crippen molar-refractivity contribution in [2.75, 3.05) is 6.61 Å². The van der Waals surface area contributed by atoms with Crippen LogP contribution in [-0.2, 0) is 19.1 Å². The van der Waals surface area contributed by atoms with Crippen LogP contribution in [0.2, 0.25) is 0 Å². The van der Waals surface area contributed by atoms with Crippen molar-refractivity contribution in [1.29, 1.82) is 0 Å². The number of carbonyl (C=O) groups is 2. The Bertz CT molecular complexity index is 215. The van der Waals surface area contributed by atoms with Gasteiger partial charge in [-0.25, -0.2) is 4.79 Å². The molecule has 1 aliphatic heterocycles. The molecule has 5 nitrogen and oxygen atoms in total. The van der Waals surface area contributed by atoms with Gasteiger partial charge in [0.25, 0.3) is 0 Å². The van der Waals surface area contributed by atoms with Gasteiger partial charge in [0.15, 0.2) is 6.29 Å². The fourth-order valence-corrected chi connectivity index (χ4v) is 0.788. The van der Waals surface area contributed by atoms with E-state index < -0.39 is 11.7 Å². The molecule has 1 aliphatic rings. The van der Waals surface area contributed by atoms with Crippen molar-refractivity contribution in [3.63, 3.8) is 0 Å². The first-order valence-corrected chi connectivity index (χ1v) is 3.49. The molecule has 1 heterocycles. The van der Waals surface area contributed by atoms with E-state index in [2.05, 4.69) is 10.1 Å². The summed E-state index contributed by atoms with van der Waals surface area (Å²) in [5.41, 5.74) is -1.66. The fourth-order valence-electron chi connectivity index (χ4n) is 0.788. The average molecular weight is 171 g/mol. The molecule has 1 atom stereocenters. The minimum atomic E-state index is -1.66. The highest BCUT2D eigenvalue weighted by atomic mass is 16.6. The van der Waals surface area contributed by atoms with Gasteiger partial charge in [-0.15, -0.1) is 0 Å². The summed E-state index contributed by atoms with van der Waals surface area (Å²) in [5, 5.41) is 2.46. The number of aldehydes is 1. The monoisotopic (exact) mass is 171 g/mol. The van der Waals surface area contributed by atoms with Crippen LogP contribution in [0.15, 0.2) is 12.5 Å². The quantitative estimate of drug-likeness (QED) is 0.353. The zero-order valence-corrected chi connectivity index (χ0v) is 6.57. The molecule has 0 spiro atoms. The van der Waals surface area contributed by atoms with Gasteiger partial charge in [-0.2, -0.15) is 0 Å². The third-order valence-corrected chi connectivity index (χ3v) is 1.36. The number of esters is 1. The van der Waals surface area contributed by atoms with Gasteiger partial charge in [0.1, 0.15) is 6.26 Å². The molecule has 12 heavy (non-hydrogen) atoms. The molecule has 0 saturated carbocycles. The maximum absolute atomic E-state index is 11.1. The maximum Gasteiger partial charge on any atom is 0.380 e. The second-order valence-corrected chi connectivity index (χ2v) is 2.14. The minimum absolute atomic E-state index is 0.208. The van der Waals surface area contributed by atoms with Gasteiger partial charge in [-0.3, -0.25) is 4.79 Å². The first-order chi connectivity index (χ1) is 5.75. The Labute approximate surface area is 69.3 Å². The first kappa shape index (κ1) is 8.58. The van der Waals surface area contributed by atoms with Crippen LogP contribution >= 0.6 is 0 Å². The van der Waals surface area contributed by atoms with E-state index in [1.807, 2.05) is 0 Å². The molecule has 0 amide bonds. The molecule has 0 bridgehead atoms. The average Bonchev–Trinajstić information content (AvgIpc) is 2.54. The van der Waals surface area contributed by atoms with E-state index in [1.165, 1.54) is 12.5 Å². The summed E-state index contributed by atoms with van der Waals surface area (Å²) in [5.74, 6) is -0.731. The zero-order chi connectivity index (χ0) is 9.03. The number of hydrogen-bond donors (Lipinski definition) is 1. The highest BCUT2D eigenvalue weighted by Crippen LogP contribution is 2.12. The van der Waals surface area contributed by atoms with Gasteiger partial charge in [0.05, 0.1) is 6.61 Å². The van der Waals surface area contributed by atoms with E-state index in [1.54, 1.807) is 6.92 Å². The predicted molar refractivity (Wildman–Crippen MR) is 38.8 cm³/mol. The second-order valence-electron chi connectivity index (χ2n) is 2.14. The van der Waals surface area contributed by atoms with Crippen LogP contribution in [0.3, 0.4) is 0 Å². The van der Waals surface area contributed by atoms with Crippen LogP contribution in [0.5, 0.6) is 0 Å². The highest BCUT2D eigenvalue weighted by molar-refractivity contribution is 5.96. The van der Waals surface area contributed by atoms with Gasteiger partial charge >= 0.3 is 11.7 Å². The van der Waals surface area contributed by atoms with Gasteiger partial charge in [0, 0.05) is 6.20 Å². The van der Waals surface area contributed by atoms with E-state index in [9.17, 15) is 9.59 Å². The van der Waals surface area contributed by atoms with Crippen molar-refractivity contribution >= 4 is 12.3 Å². The van der Waals surface area contributed by atoms with Gasteiger partial charge in [-0.05, 0) is 6.92 Å². The largest absolute Gasteiger partial charge is 0.461 e. The number of ether oxygens (including phenoxy) is 2. The Morgan fingerprint density at radius 2 is 2.58 bits per heavy atom. The third-order valence-electron chi connectivity index (χ3n) is 1.36. The molecule has 0 fully saturated rings. The Hall–Kier alpha value is -1.52. The molecule has 0 aromatic carbocycles. The summed E-state index contributed by atoms with van der Waals surface area (Å²) in [6, 6.07) is 0. The summed E-state index contributed by atoms with van der Waals surface area (Å²) in [6.07, 6.45) is 2.96. The van der Waals surface area contributed by atoms with Crippen molar-refractivity contribution in [1.82, 2.24) is 5.32 Å². The fraction of sp³-hybridized carbons (Fsp3) is 0.429. The molecule has 0 radical (unpaired) electrons. The lowest BCUT2D eigenvalue weighted by molar-refractivity contribution is -0.167. The first-order valence-electron chi connectivity index (χ1n) is 3.49. The molecule has 5 heteroatoms. The third kappa shape index (κ3) is 1.25. The zero-order valence-electron chi connectivity index (χ0n) is 6.57. The van der Waals surface area contributed by atoms with Crippen LogP contribution in [0.25, 0.3) is 0 Å². The summed E-state index contributed by atoms with van der Waals surface area (Å²) in [7, 11) is 0. The minimum Gasteiger partial charge on any atom is -0.461 e. The number of hydrogen-bond acceptors (Lipinski definition) is 5. The van der Waals surface area contributed by atoms with E-state index in [0.29, 0.717) is 6.29 Å². The van der Waals surface area contributed by atoms with Crippen molar-refractivity contribution in [3.05, 3.63) is 12.5 Å². The molecule has 1 rings (SSSR count). The van der Waals surface area contributed by atoms with Crippen LogP contribution in [0.1, 0.15) is 6.92 Å². The summed E-state index contributed by atoms with van der Waals surface area (Å²) in [6.45, 7) is 1.86. The Morgan fingerprint density at radius 1 is 1.83 bits per heavy atom. The van der Waals surface area contributed by atoms with Crippen molar-refractivity contribution in [2.24, 2.45) is 0 Å². The number of rotatable bonds is 3. The number of carbonyl (C=O) groups excluding carboxylic acids is 2. The van der Waals surface area contributed by atoms with E-state index in [4.69, 9.17) is 4.74 Å². The molecular formula is C7H9NO4. The topological polar surface area (TPSA) is 64.6 Å². The van der Waals surface area contributed by atoms with Crippen molar-refractivity contribution in [2.45, 2.75) is 12.6 Å². The summed E-state index contributed by atoms with van der Waals surface area (Å²) < 4.78 is 9.39. The molecule has 66 valence electrons. The smallest absolute Gasteiger partial charge is 0.380 e. The Morgan fingerprint density at radius 3 is 3.00 bits per heavy atom. The second kappa shape index (κ2) is 3.25. The molecule has 0 saturated heterocycles. The molecule has 0 aromatic heterocycles. The normalized spacial score (nSPS) is 25.8. The SMILES string of the molecule is CCOC(=O)C1(C=O)NC=CO1. The van der Waals surface area contributed by atoms with Crippen molar-refractivity contribution < 1.29 is 19.1 Å². The van der Waals surface area contributed by atoms with Gasteiger partial charge in [-0.1, -0.05) is 0 Å². The van der Waals surface area contributed by atoms with Crippen LogP contribution in [-0.4, -0.2) is 24.6 Å². The highest BCUT2D eigenvalue weighted by Gasteiger charge is 2.43. The van der Waals surface area contributed by atoms with E-state index in [-0.39, 0.29) is 6.61 Å². The Balaban J connectivity index is 2.67. The lowest BCUT2D eigenvalue weighted by Gasteiger charge is -2.19. The van der Waals surface area contributed by atoms with Crippen LogP contribution in [0.4, 0.5) is 0 Å². The van der Waals surface area contributed by atoms with Crippen LogP contribution in [0, 0.1) is 0 Å². The standard InChI is InChI=1S/C7H9NO4/c1-2-11-6(10)7(5-9)8-3-4-12-7/h3-5,8H,2H2,1H3. The number of nitrogens with one attached hydrogen (secondary N) is 1. The molecular weight excluding hydrogens is 162 g/mol. The molecule has 1 N–H and O–H groups in total. The predicted octanol–water partition coefficient (Wildman–Crippen LogP) is -0.464. The summed E-state index contributed by atoms with van der Waals surface area (Å²) >= 11 is 0.